The molecule has 0 radical (unpaired) electrons. The average Bonchev–Trinajstić information content (AvgIpc) is 2.90. The summed E-state index contributed by atoms with van der Waals surface area (Å²) < 4.78 is 15.8. The number of hydrogen-bond acceptors (Lipinski definition) is 2. The minimum atomic E-state index is -0.288. The Hall–Kier alpha value is -2.38. The van der Waals surface area contributed by atoms with Gasteiger partial charge in [-0.05, 0) is 41.7 Å². The normalized spacial score (nSPS) is 11.7. The van der Waals surface area contributed by atoms with Gasteiger partial charge in [0.15, 0.2) is 0 Å². The van der Waals surface area contributed by atoms with Crippen LogP contribution in [0.15, 0.2) is 42.5 Å². The predicted octanol–water partition coefficient (Wildman–Crippen LogP) is 5.75. The van der Waals surface area contributed by atoms with E-state index in [2.05, 4.69) is 24.5 Å². The summed E-state index contributed by atoms with van der Waals surface area (Å²) in [6.45, 7) is 4.91. The van der Waals surface area contributed by atoms with Crippen molar-refractivity contribution in [2.24, 2.45) is 5.41 Å². The summed E-state index contributed by atoms with van der Waals surface area (Å²) in [4.78, 5) is 4.69. The maximum Gasteiger partial charge on any atom is 0.125 e. The van der Waals surface area contributed by atoms with Crippen LogP contribution in [0.2, 0.25) is 5.02 Å². The highest BCUT2D eigenvalue weighted by Crippen LogP contribution is 2.29. The van der Waals surface area contributed by atoms with Gasteiger partial charge in [0.1, 0.15) is 11.6 Å². The van der Waals surface area contributed by atoms with Gasteiger partial charge in [0.25, 0.3) is 0 Å². The van der Waals surface area contributed by atoms with E-state index >= 15 is 0 Å². The molecular formula is C21H21ClFN3. The van der Waals surface area contributed by atoms with E-state index in [1.54, 1.807) is 6.07 Å². The second-order valence-corrected chi connectivity index (χ2v) is 7.81. The highest BCUT2D eigenvalue weighted by atomic mass is 35.5. The molecule has 26 heavy (non-hydrogen) atoms. The minimum Gasteiger partial charge on any atom is -0.323 e. The first-order valence-corrected chi connectivity index (χ1v) is 9.02. The number of nitriles is 1. The number of benzene rings is 2. The molecule has 3 nitrogen and oxygen atoms in total. The van der Waals surface area contributed by atoms with Crippen LogP contribution < -0.4 is 0 Å². The fourth-order valence-corrected chi connectivity index (χ4v) is 3.27. The van der Waals surface area contributed by atoms with Crippen molar-refractivity contribution in [1.82, 2.24) is 9.55 Å². The standard InChI is InChI=1S/C21H21ClFN3/c1-21(2,10-3-11-24)13-20-25-18-12-17(23)8-9-19(18)26(20)14-15-4-6-16(22)7-5-15/h4-9,12H,3,10,13-14H2,1-2H3. The zero-order chi connectivity index (χ0) is 18.7. The molecule has 3 rings (SSSR count). The molecule has 0 unspecified atom stereocenters. The van der Waals surface area contributed by atoms with Crippen molar-refractivity contribution >= 4 is 22.6 Å². The fourth-order valence-electron chi connectivity index (χ4n) is 3.15. The van der Waals surface area contributed by atoms with Crippen LogP contribution >= 0.6 is 11.6 Å². The van der Waals surface area contributed by atoms with Crippen molar-refractivity contribution in [1.29, 1.82) is 5.26 Å². The third kappa shape index (κ3) is 4.23. The van der Waals surface area contributed by atoms with Gasteiger partial charge in [-0.1, -0.05) is 37.6 Å². The Balaban J connectivity index is 2.00. The first-order chi connectivity index (χ1) is 12.4. The van der Waals surface area contributed by atoms with Crippen molar-refractivity contribution in [3.05, 3.63) is 64.7 Å². The Labute approximate surface area is 158 Å². The number of halogens is 2. The lowest BCUT2D eigenvalue weighted by Gasteiger charge is -2.23. The summed E-state index contributed by atoms with van der Waals surface area (Å²) in [7, 11) is 0. The van der Waals surface area contributed by atoms with E-state index in [-0.39, 0.29) is 11.2 Å². The molecule has 0 aliphatic heterocycles. The van der Waals surface area contributed by atoms with Crippen molar-refractivity contribution in [3.63, 3.8) is 0 Å². The molecule has 1 heterocycles. The number of hydrogen-bond donors (Lipinski definition) is 0. The van der Waals surface area contributed by atoms with Crippen LogP contribution in [0.25, 0.3) is 11.0 Å². The van der Waals surface area contributed by atoms with Gasteiger partial charge in [0, 0.05) is 30.5 Å². The molecule has 0 aliphatic carbocycles. The summed E-state index contributed by atoms with van der Waals surface area (Å²) in [5, 5.41) is 9.59. The van der Waals surface area contributed by atoms with Crippen LogP contribution in [-0.4, -0.2) is 9.55 Å². The molecule has 0 aliphatic rings. The lowest BCUT2D eigenvalue weighted by atomic mass is 9.84. The average molecular weight is 370 g/mol. The quantitative estimate of drug-likeness (QED) is 0.555. The number of imidazole rings is 1. The lowest BCUT2D eigenvalue weighted by molar-refractivity contribution is 0.326. The predicted molar refractivity (Wildman–Crippen MR) is 103 cm³/mol. The fraction of sp³-hybridized carbons (Fsp3) is 0.333. The van der Waals surface area contributed by atoms with Gasteiger partial charge in [-0.3, -0.25) is 0 Å². The van der Waals surface area contributed by atoms with Gasteiger partial charge in [0.2, 0.25) is 0 Å². The minimum absolute atomic E-state index is 0.0621. The van der Waals surface area contributed by atoms with E-state index in [0.29, 0.717) is 23.5 Å². The van der Waals surface area contributed by atoms with Gasteiger partial charge in [-0.25, -0.2) is 9.37 Å². The highest BCUT2D eigenvalue weighted by molar-refractivity contribution is 6.30. The van der Waals surface area contributed by atoms with Crippen LogP contribution in [0.4, 0.5) is 4.39 Å². The molecule has 5 heteroatoms. The van der Waals surface area contributed by atoms with Crippen LogP contribution in [0.3, 0.4) is 0 Å². The topological polar surface area (TPSA) is 41.6 Å². The van der Waals surface area contributed by atoms with Crippen molar-refractivity contribution < 1.29 is 4.39 Å². The number of rotatable bonds is 6. The third-order valence-electron chi connectivity index (χ3n) is 4.59. The van der Waals surface area contributed by atoms with Gasteiger partial charge < -0.3 is 4.57 Å². The molecule has 0 spiro atoms. The largest absolute Gasteiger partial charge is 0.323 e. The molecule has 3 aromatic rings. The molecule has 0 fully saturated rings. The Bertz CT molecular complexity index is 952. The Kier molecular flexibility index (Phi) is 5.29. The highest BCUT2D eigenvalue weighted by Gasteiger charge is 2.23. The lowest BCUT2D eigenvalue weighted by Crippen LogP contribution is -2.18. The Morgan fingerprint density at radius 2 is 1.92 bits per heavy atom. The molecule has 0 saturated heterocycles. The molecule has 0 bridgehead atoms. The maximum absolute atomic E-state index is 13.7. The molecule has 0 atom stereocenters. The summed E-state index contributed by atoms with van der Waals surface area (Å²) in [6, 6.07) is 14.6. The molecular weight excluding hydrogens is 349 g/mol. The molecule has 2 aromatic carbocycles. The monoisotopic (exact) mass is 369 g/mol. The smallest absolute Gasteiger partial charge is 0.125 e. The second kappa shape index (κ2) is 7.47. The van der Waals surface area contributed by atoms with E-state index < -0.39 is 0 Å². The first-order valence-electron chi connectivity index (χ1n) is 8.64. The van der Waals surface area contributed by atoms with Crippen LogP contribution in [0, 0.1) is 22.6 Å². The van der Waals surface area contributed by atoms with E-state index in [4.69, 9.17) is 21.8 Å². The Morgan fingerprint density at radius 1 is 1.19 bits per heavy atom. The van der Waals surface area contributed by atoms with Crippen molar-refractivity contribution in [3.8, 4) is 6.07 Å². The van der Waals surface area contributed by atoms with E-state index in [1.807, 2.05) is 24.3 Å². The molecule has 1 aromatic heterocycles. The molecule has 0 amide bonds. The van der Waals surface area contributed by atoms with Gasteiger partial charge in [-0.2, -0.15) is 5.26 Å². The van der Waals surface area contributed by atoms with Crippen LogP contribution in [0.5, 0.6) is 0 Å². The zero-order valence-electron chi connectivity index (χ0n) is 15.0. The SMILES string of the molecule is CC(C)(CCC#N)Cc1nc2cc(F)ccc2n1Cc1ccc(Cl)cc1. The summed E-state index contributed by atoms with van der Waals surface area (Å²) in [5.74, 6) is 0.618. The van der Waals surface area contributed by atoms with Gasteiger partial charge >= 0.3 is 0 Å². The third-order valence-corrected chi connectivity index (χ3v) is 4.85. The number of fused-ring (bicyclic) bond motifs is 1. The molecule has 0 saturated carbocycles. The van der Waals surface area contributed by atoms with Crippen LogP contribution in [-0.2, 0) is 13.0 Å². The van der Waals surface area contributed by atoms with Crippen LogP contribution in [0.1, 0.15) is 38.1 Å². The zero-order valence-corrected chi connectivity index (χ0v) is 15.7. The second-order valence-electron chi connectivity index (χ2n) is 7.37. The molecule has 0 N–H and O–H groups in total. The maximum atomic E-state index is 13.7. The first kappa shape index (κ1) is 18.4. The van der Waals surface area contributed by atoms with Crippen molar-refractivity contribution in [2.45, 2.75) is 39.7 Å². The van der Waals surface area contributed by atoms with E-state index in [9.17, 15) is 4.39 Å². The van der Waals surface area contributed by atoms with Crippen molar-refractivity contribution in [2.75, 3.05) is 0 Å². The van der Waals surface area contributed by atoms with Gasteiger partial charge in [-0.15, -0.1) is 0 Å². The number of aromatic nitrogens is 2. The number of nitrogens with zero attached hydrogens (tertiary/aromatic N) is 3. The van der Waals surface area contributed by atoms with E-state index in [1.165, 1.54) is 12.1 Å². The summed E-state index contributed by atoms with van der Waals surface area (Å²) >= 11 is 5.99. The Morgan fingerprint density at radius 3 is 2.62 bits per heavy atom. The summed E-state index contributed by atoms with van der Waals surface area (Å²) in [5.41, 5.74) is 2.61. The molecule has 134 valence electrons. The van der Waals surface area contributed by atoms with E-state index in [0.717, 1.165) is 29.7 Å². The summed E-state index contributed by atoms with van der Waals surface area (Å²) in [6.07, 6.45) is 2.03. The van der Waals surface area contributed by atoms with Gasteiger partial charge in [0.05, 0.1) is 17.1 Å².